The van der Waals surface area contributed by atoms with Crippen molar-refractivity contribution < 1.29 is 18.1 Å². The van der Waals surface area contributed by atoms with Crippen LogP contribution in [0.3, 0.4) is 0 Å². The van der Waals surface area contributed by atoms with E-state index in [4.69, 9.17) is 4.74 Å². The van der Waals surface area contributed by atoms with Gasteiger partial charge in [0.25, 0.3) is 0 Å². The van der Waals surface area contributed by atoms with Crippen LogP contribution in [0.25, 0.3) is 10.9 Å². The van der Waals surface area contributed by atoms with Gasteiger partial charge in [0.15, 0.2) is 22.6 Å². The van der Waals surface area contributed by atoms with Gasteiger partial charge in [-0.2, -0.15) is 5.10 Å². The number of ether oxygens (including phenoxy) is 1. The molecule has 1 unspecified atom stereocenters. The number of rotatable bonds is 8. The topological polar surface area (TPSA) is 111 Å². The van der Waals surface area contributed by atoms with E-state index in [0.29, 0.717) is 44.2 Å². The average Bonchev–Trinajstić information content (AvgIpc) is 3.40. The third-order valence-electron chi connectivity index (χ3n) is 6.17. The van der Waals surface area contributed by atoms with Gasteiger partial charge in [-0.05, 0) is 81.3 Å². The zero-order chi connectivity index (χ0) is 29.1. The number of halogens is 1. The third kappa shape index (κ3) is 6.58. The molecule has 0 spiro atoms. The number of amides is 1. The summed E-state index contributed by atoms with van der Waals surface area (Å²) in [4.78, 5) is 21.6. The molecule has 0 saturated heterocycles. The Morgan fingerprint density at radius 2 is 1.90 bits per heavy atom. The van der Waals surface area contributed by atoms with Crippen molar-refractivity contribution in [3.8, 4) is 11.5 Å². The first kappa shape index (κ1) is 27.9. The number of fused-ring (bicyclic) bond motifs is 1. The zero-order valence-corrected chi connectivity index (χ0v) is 23.8. The summed E-state index contributed by atoms with van der Waals surface area (Å²) in [7, 11) is -1.59. The number of aryl methyl sites for hydroxylation is 1. The summed E-state index contributed by atoms with van der Waals surface area (Å²) >= 11 is 0. The molecule has 0 aliphatic heterocycles. The molecule has 0 bridgehead atoms. The van der Waals surface area contributed by atoms with Crippen LogP contribution in [0.2, 0.25) is 0 Å². The van der Waals surface area contributed by atoms with Crippen molar-refractivity contribution >= 4 is 39.3 Å². The monoisotopic (exact) mass is 572 g/mol. The summed E-state index contributed by atoms with van der Waals surface area (Å²) in [6.45, 7) is 7.75. The van der Waals surface area contributed by atoms with Crippen LogP contribution < -0.4 is 14.8 Å². The highest BCUT2D eigenvalue weighted by Crippen LogP contribution is 2.34. The Hall–Kier alpha value is -4.64. The molecule has 3 aromatic heterocycles. The molecule has 41 heavy (non-hydrogen) atoms. The Bertz CT molecular complexity index is 1730. The summed E-state index contributed by atoms with van der Waals surface area (Å²) in [6, 6.07) is 15.0. The Morgan fingerprint density at radius 1 is 1.07 bits per heavy atom. The van der Waals surface area contributed by atoms with Crippen LogP contribution in [-0.4, -0.2) is 29.9 Å². The van der Waals surface area contributed by atoms with Crippen molar-refractivity contribution in [2.24, 2.45) is 0 Å². The maximum absolute atomic E-state index is 15.3. The van der Waals surface area contributed by atoms with Gasteiger partial charge in [-0.1, -0.05) is 12.1 Å². The summed E-state index contributed by atoms with van der Waals surface area (Å²) in [6.07, 6.45) is 6.49. The summed E-state index contributed by atoms with van der Waals surface area (Å²) in [5.74, 6) is -0.0258. The van der Waals surface area contributed by atoms with Gasteiger partial charge in [-0.3, -0.25) is 19.2 Å². The molecule has 0 aliphatic carbocycles. The van der Waals surface area contributed by atoms with E-state index >= 15 is 4.39 Å². The number of anilines is 2. The lowest BCUT2D eigenvalue weighted by Gasteiger charge is -2.18. The number of hydrogen-bond acceptors (Lipinski definition) is 6. The van der Waals surface area contributed by atoms with E-state index in [1.54, 1.807) is 84.9 Å². The van der Waals surface area contributed by atoms with Crippen LogP contribution in [0.1, 0.15) is 31.9 Å². The van der Waals surface area contributed by atoms with Gasteiger partial charge in [0, 0.05) is 24.0 Å². The summed E-state index contributed by atoms with van der Waals surface area (Å²) in [5, 5.41) is 7.66. The smallest absolute Gasteiger partial charge is 0.228 e. The molecule has 5 rings (SSSR count). The number of hydrogen-bond donors (Lipinski definition) is 2. The van der Waals surface area contributed by atoms with Crippen LogP contribution >= 0.6 is 0 Å². The van der Waals surface area contributed by atoms with Gasteiger partial charge >= 0.3 is 0 Å². The van der Waals surface area contributed by atoms with Crippen molar-refractivity contribution in [3.63, 3.8) is 0 Å². The van der Waals surface area contributed by atoms with Crippen LogP contribution in [0.4, 0.5) is 15.9 Å². The lowest BCUT2D eigenvalue weighted by molar-refractivity contribution is -0.115. The zero-order valence-electron chi connectivity index (χ0n) is 23.0. The normalized spacial score (nSPS) is 12.2. The van der Waals surface area contributed by atoms with Gasteiger partial charge in [0.1, 0.15) is 11.6 Å². The fraction of sp³-hybridized carbons (Fsp3) is 0.200. The number of pyridine rings is 2. The molecular weight excluding hydrogens is 543 g/mol. The Kier molecular flexibility index (Phi) is 7.80. The third-order valence-corrected chi connectivity index (χ3v) is 7.25. The standard InChI is InChI=1S/C30H29FN6O3S/c1-19-13-20(15-28(38)35-21-17-34-37(18-21)30(2,3)4)14-24(31)29(19)40-26-10-12-32-25-9-8-22(16-23(25)26)41(39)36-27-7-5-6-11-33-27/h5-14,16-18H,15H2,1-4H3,(H,33,36)(H,35,38). The van der Waals surface area contributed by atoms with Gasteiger partial charge in [-0.25, -0.2) is 13.6 Å². The molecular formula is C30H29FN6O3S. The van der Waals surface area contributed by atoms with Crippen LogP contribution in [0.15, 0.2) is 84.3 Å². The SMILES string of the molecule is Cc1cc(CC(=O)Nc2cnn(C(C)(C)C)c2)cc(F)c1Oc1ccnc2ccc(S(=O)Nc3ccccn3)cc12. The molecule has 1 amide bonds. The van der Waals surface area contributed by atoms with E-state index in [-0.39, 0.29) is 23.6 Å². The number of carbonyl (C=O) groups excluding carboxylic acids is 1. The summed E-state index contributed by atoms with van der Waals surface area (Å²) < 4.78 is 38.9. The van der Waals surface area contributed by atoms with Crippen LogP contribution in [-0.2, 0) is 27.7 Å². The lowest BCUT2D eigenvalue weighted by Crippen LogP contribution is -2.22. The van der Waals surface area contributed by atoms with E-state index in [2.05, 4.69) is 25.1 Å². The van der Waals surface area contributed by atoms with Crippen molar-refractivity contribution in [3.05, 3.63) is 96.3 Å². The average molecular weight is 573 g/mol. The number of nitrogens with zero attached hydrogens (tertiary/aromatic N) is 4. The first-order valence-corrected chi connectivity index (χ1v) is 14.0. The molecule has 2 N–H and O–H groups in total. The molecule has 11 heteroatoms. The summed E-state index contributed by atoms with van der Waals surface area (Å²) in [5.41, 5.74) is 1.99. The quantitative estimate of drug-likeness (QED) is 0.231. The first-order chi connectivity index (χ1) is 19.6. The van der Waals surface area contributed by atoms with Crippen molar-refractivity contribution in [1.29, 1.82) is 0 Å². The fourth-order valence-electron chi connectivity index (χ4n) is 4.17. The van der Waals surface area contributed by atoms with Gasteiger partial charge < -0.3 is 10.1 Å². The predicted molar refractivity (Wildman–Crippen MR) is 157 cm³/mol. The van der Waals surface area contributed by atoms with Gasteiger partial charge in [0.05, 0.1) is 34.3 Å². The van der Waals surface area contributed by atoms with E-state index < -0.39 is 16.8 Å². The second-order valence-electron chi connectivity index (χ2n) is 10.5. The second-order valence-corrected chi connectivity index (χ2v) is 11.7. The first-order valence-electron chi connectivity index (χ1n) is 12.9. The maximum Gasteiger partial charge on any atom is 0.228 e. The maximum atomic E-state index is 15.3. The van der Waals surface area contributed by atoms with E-state index in [9.17, 15) is 9.00 Å². The van der Waals surface area contributed by atoms with Gasteiger partial charge in [0.2, 0.25) is 5.91 Å². The molecule has 2 aromatic carbocycles. The Labute approximate surface area is 239 Å². The van der Waals surface area contributed by atoms with Crippen LogP contribution in [0, 0.1) is 12.7 Å². The largest absolute Gasteiger partial charge is 0.453 e. The molecule has 0 fully saturated rings. The molecule has 3 heterocycles. The molecule has 5 aromatic rings. The molecule has 1 atom stereocenters. The highest BCUT2D eigenvalue weighted by Gasteiger charge is 2.17. The molecule has 0 aliphatic rings. The van der Waals surface area contributed by atoms with Crippen molar-refractivity contribution in [2.75, 3.05) is 10.0 Å². The van der Waals surface area contributed by atoms with E-state index in [1.165, 1.54) is 6.07 Å². The highest BCUT2D eigenvalue weighted by molar-refractivity contribution is 7.86. The molecule has 210 valence electrons. The minimum absolute atomic E-state index is 0.0185. The van der Waals surface area contributed by atoms with E-state index in [1.807, 2.05) is 20.8 Å². The Morgan fingerprint density at radius 3 is 2.61 bits per heavy atom. The van der Waals surface area contributed by atoms with Crippen molar-refractivity contribution in [1.82, 2.24) is 19.7 Å². The fourth-order valence-corrected chi connectivity index (χ4v) is 5.01. The van der Waals surface area contributed by atoms with Crippen LogP contribution in [0.5, 0.6) is 11.5 Å². The number of aromatic nitrogens is 4. The van der Waals surface area contributed by atoms with E-state index in [0.717, 1.165) is 0 Å². The molecule has 0 radical (unpaired) electrons. The minimum Gasteiger partial charge on any atom is -0.453 e. The predicted octanol–water partition coefficient (Wildman–Crippen LogP) is 6.14. The number of carbonyl (C=O) groups is 1. The molecule has 9 nitrogen and oxygen atoms in total. The number of benzene rings is 2. The second kappa shape index (κ2) is 11.5. The number of nitrogens with one attached hydrogen (secondary N) is 2. The minimum atomic E-state index is -1.59. The Balaban J connectivity index is 1.33. The van der Waals surface area contributed by atoms with Gasteiger partial charge in [-0.15, -0.1) is 0 Å². The molecule has 0 saturated carbocycles. The van der Waals surface area contributed by atoms with Crippen molar-refractivity contribution in [2.45, 2.75) is 44.6 Å². The highest BCUT2D eigenvalue weighted by atomic mass is 32.2. The lowest BCUT2D eigenvalue weighted by atomic mass is 10.1.